The van der Waals surface area contributed by atoms with Gasteiger partial charge in [0.05, 0.1) is 0 Å². The van der Waals surface area contributed by atoms with Crippen molar-refractivity contribution in [2.45, 2.75) is 71.6 Å². The first-order chi connectivity index (χ1) is 14.2. The minimum Gasteiger partial charge on any atom is -0.340 e. The summed E-state index contributed by atoms with van der Waals surface area (Å²) in [5.41, 5.74) is 3.92. The summed E-state index contributed by atoms with van der Waals surface area (Å²) in [7, 11) is 0. The van der Waals surface area contributed by atoms with Crippen LogP contribution in [0.15, 0.2) is 48.3 Å². The van der Waals surface area contributed by atoms with Crippen molar-refractivity contribution in [2.75, 3.05) is 5.32 Å². The molecule has 1 aliphatic rings. The Hall–Kier alpha value is -2.35. The summed E-state index contributed by atoms with van der Waals surface area (Å²) in [5, 5.41) is 5.77. The predicted octanol–water partition coefficient (Wildman–Crippen LogP) is 5.75. The van der Waals surface area contributed by atoms with E-state index in [0.29, 0.717) is 0 Å². The molecule has 0 atom stereocenters. The first-order valence-corrected chi connectivity index (χ1v) is 11.4. The zero-order chi connectivity index (χ0) is 20.5. The third-order valence-electron chi connectivity index (χ3n) is 6.13. The lowest BCUT2D eigenvalue weighted by Gasteiger charge is -2.16. The van der Waals surface area contributed by atoms with E-state index in [4.69, 9.17) is 4.98 Å². The molecule has 3 rings (SSSR count). The van der Waals surface area contributed by atoms with Crippen LogP contribution in [-0.2, 0) is 12.8 Å². The number of rotatable bonds is 9. The molecule has 2 heteroatoms. The molecule has 0 amide bonds. The second-order valence-corrected chi connectivity index (χ2v) is 8.30. The molecule has 29 heavy (non-hydrogen) atoms. The molecule has 1 fully saturated rings. The zero-order valence-electron chi connectivity index (χ0n) is 18.2. The number of aryl methyl sites for hydroxylation is 1. The van der Waals surface area contributed by atoms with Gasteiger partial charge in [-0.1, -0.05) is 82.4 Å². The van der Waals surface area contributed by atoms with Gasteiger partial charge in [-0.15, -0.1) is 0 Å². The van der Waals surface area contributed by atoms with Crippen LogP contribution in [0.4, 0.5) is 5.82 Å². The van der Waals surface area contributed by atoms with Crippen LogP contribution in [0.5, 0.6) is 0 Å². The van der Waals surface area contributed by atoms with Gasteiger partial charge in [0, 0.05) is 11.9 Å². The fourth-order valence-electron chi connectivity index (χ4n) is 4.45. The molecule has 0 saturated heterocycles. The summed E-state index contributed by atoms with van der Waals surface area (Å²) < 4.78 is 0. The number of hydrogen-bond acceptors (Lipinski definition) is 2. The van der Waals surface area contributed by atoms with E-state index in [1.165, 1.54) is 56.1 Å². The maximum Gasteiger partial charge on any atom is 0.133 e. The van der Waals surface area contributed by atoms with Crippen LogP contribution in [0.2, 0.25) is 0 Å². The molecule has 1 aromatic heterocycles. The van der Waals surface area contributed by atoms with Crippen molar-refractivity contribution in [3.05, 3.63) is 69.9 Å². The molecule has 0 radical (unpaired) electrons. The molecule has 2 aromatic rings. The molecule has 0 bridgehead atoms. The second kappa shape index (κ2) is 11.0. The van der Waals surface area contributed by atoms with Gasteiger partial charge in [0.1, 0.15) is 5.82 Å². The number of allylic oxidation sites excluding steroid dienone is 2. The summed E-state index contributed by atoms with van der Waals surface area (Å²) in [4.78, 5) is 4.71. The average molecular weight is 389 g/mol. The lowest BCUT2D eigenvalue weighted by Crippen LogP contribution is -2.22. The maximum absolute atomic E-state index is 4.71. The van der Waals surface area contributed by atoms with Gasteiger partial charge in [0.15, 0.2) is 0 Å². The van der Waals surface area contributed by atoms with Gasteiger partial charge in [-0.2, -0.15) is 0 Å². The molecule has 0 spiro atoms. The highest BCUT2D eigenvalue weighted by atomic mass is 15.0. The van der Waals surface area contributed by atoms with Gasteiger partial charge < -0.3 is 5.32 Å². The van der Waals surface area contributed by atoms with Crippen molar-refractivity contribution in [1.82, 2.24) is 4.98 Å². The Morgan fingerprint density at radius 3 is 2.69 bits per heavy atom. The third-order valence-corrected chi connectivity index (χ3v) is 6.13. The van der Waals surface area contributed by atoms with Crippen molar-refractivity contribution < 1.29 is 0 Å². The summed E-state index contributed by atoms with van der Waals surface area (Å²) >= 11 is 0. The maximum atomic E-state index is 4.71. The monoisotopic (exact) mass is 388 g/mol. The summed E-state index contributed by atoms with van der Waals surface area (Å²) in [5.74, 6) is 1.98. The Morgan fingerprint density at radius 2 is 1.97 bits per heavy atom. The summed E-state index contributed by atoms with van der Waals surface area (Å²) in [6.07, 6.45) is 18.0. The highest BCUT2D eigenvalue weighted by Crippen LogP contribution is 2.30. The smallest absolute Gasteiger partial charge is 0.133 e. The molecular weight excluding hydrogens is 352 g/mol. The standard InChI is InChI=1S/C27H36N2/c1-4-11-26-23(17-10-15-22-13-7-8-14-22)18-19-28-27(26)29-25(5-2)20-24-16-9-6-12-21(24)3/h5-6,9,12,16,18-20,22H,3-4,7-8,10-11,13-15,17H2,1-2H3,(H,28,29)/b24-20-,25-5+. The predicted molar refractivity (Wildman–Crippen MR) is 126 cm³/mol. The minimum atomic E-state index is 0.969. The molecule has 2 nitrogen and oxygen atoms in total. The Morgan fingerprint density at radius 1 is 1.17 bits per heavy atom. The second-order valence-electron chi connectivity index (χ2n) is 8.30. The third kappa shape index (κ3) is 6.06. The SMILES string of the molecule is C=c1cccc/c1=C/C(=C\C)Nc1nccc(CCCC2CCCC2)c1CCC. The quantitative estimate of drug-likeness (QED) is 0.591. The highest BCUT2D eigenvalue weighted by molar-refractivity contribution is 5.61. The topological polar surface area (TPSA) is 24.9 Å². The number of anilines is 1. The Kier molecular flexibility index (Phi) is 8.10. The Labute approximate surface area is 176 Å². The molecule has 1 saturated carbocycles. The largest absolute Gasteiger partial charge is 0.340 e. The highest BCUT2D eigenvalue weighted by Gasteiger charge is 2.15. The van der Waals surface area contributed by atoms with Crippen molar-refractivity contribution in [2.24, 2.45) is 5.92 Å². The number of aromatic nitrogens is 1. The molecule has 0 aliphatic heterocycles. The molecule has 1 N–H and O–H groups in total. The average Bonchev–Trinajstić information content (AvgIpc) is 3.24. The number of benzene rings is 1. The summed E-state index contributed by atoms with van der Waals surface area (Å²) in [6.45, 7) is 8.46. The van der Waals surface area contributed by atoms with Gasteiger partial charge in [0.25, 0.3) is 0 Å². The van der Waals surface area contributed by atoms with Crippen LogP contribution >= 0.6 is 0 Å². The van der Waals surface area contributed by atoms with Crippen molar-refractivity contribution in [3.8, 4) is 0 Å². The van der Waals surface area contributed by atoms with Gasteiger partial charge in [-0.25, -0.2) is 4.98 Å². The number of nitrogens with zero attached hydrogens (tertiary/aromatic N) is 1. The Bertz CT molecular complexity index is 920. The van der Waals surface area contributed by atoms with E-state index in [-0.39, 0.29) is 0 Å². The minimum absolute atomic E-state index is 0.969. The van der Waals surface area contributed by atoms with Crippen LogP contribution in [0.25, 0.3) is 12.7 Å². The first-order valence-electron chi connectivity index (χ1n) is 11.4. The van der Waals surface area contributed by atoms with E-state index in [9.17, 15) is 0 Å². The molecule has 1 heterocycles. The van der Waals surface area contributed by atoms with Gasteiger partial charge in [-0.3, -0.25) is 0 Å². The van der Waals surface area contributed by atoms with Crippen molar-refractivity contribution in [1.29, 1.82) is 0 Å². The van der Waals surface area contributed by atoms with E-state index in [0.717, 1.165) is 40.7 Å². The zero-order valence-corrected chi connectivity index (χ0v) is 18.2. The number of nitrogens with one attached hydrogen (secondary N) is 1. The number of hydrogen-bond donors (Lipinski definition) is 1. The lowest BCUT2D eigenvalue weighted by molar-refractivity contribution is 0.483. The fourth-order valence-corrected chi connectivity index (χ4v) is 4.45. The fraction of sp³-hybridized carbons (Fsp3) is 0.444. The van der Waals surface area contributed by atoms with Gasteiger partial charge in [0.2, 0.25) is 0 Å². The normalized spacial score (nSPS) is 15.8. The molecule has 1 aliphatic carbocycles. The van der Waals surface area contributed by atoms with Crippen LogP contribution in [0.3, 0.4) is 0 Å². The molecule has 0 unspecified atom stereocenters. The van der Waals surface area contributed by atoms with Gasteiger partial charge in [-0.05, 0) is 65.8 Å². The first kappa shape index (κ1) is 21.4. The van der Waals surface area contributed by atoms with Crippen molar-refractivity contribution in [3.63, 3.8) is 0 Å². The number of pyridine rings is 1. The van der Waals surface area contributed by atoms with Crippen LogP contribution in [0.1, 0.15) is 69.9 Å². The van der Waals surface area contributed by atoms with Crippen LogP contribution < -0.4 is 15.8 Å². The van der Waals surface area contributed by atoms with E-state index in [1.807, 2.05) is 18.3 Å². The van der Waals surface area contributed by atoms with E-state index in [2.05, 4.69) is 56.1 Å². The Balaban J connectivity index is 1.77. The van der Waals surface area contributed by atoms with Crippen molar-refractivity contribution >= 4 is 18.5 Å². The van der Waals surface area contributed by atoms with E-state index in [1.54, 1.807) is 0 Å². The summed E-state index contributed by atoms with van der Waals surface area (Å²) in [6, 6.07) is 10.5. The molecular formula is C27H36N2. The van der Waals surface area contributed by atoms with E-state index < -0.39 is 0 Å². The lowest BCUT2D eigenvalue weighted by atomic mass is 9.95. The van der Waals surface area contributed by atoms with Crippen LogP contribution in [0, 0.1) is 5.92 Å². The van der Waals surface area contributed by atoms with Crippen LogP contribution in [-0.4, -0.2) is 4.98 Å². The molecule has 154 valence electrons. The van der Waals surface area contributed by atoms with Gasteiger partial charge >= 0.3 is 0 Å². The molecule has 1 aromatic carbocycles. The van der Waals surface area contributed by atoms with E-state index >= 15 is 0 Å².